The molecule has 2 aromatic heterocycles. The van der Waals surface area contributed by atoms with E-state index in [1.54, 1.807) is 48.0 Å². The van der Waals surface area contributed by atoms with Crippen LogP contribution in [0.4, 0.5) is 10.1 Å². The van der Waals surface area contributed by atoms with Crippen LogP contribution in [0.15, 0.2) is 54.6 Å². The molecule has 7 nitrogen and oxygen atoms in total. The number of halogens is 1. The molecule has 0 spiro atoms. The molecule has 0 saturated heterocycles. The molecule has 4 rings (SSSR count). The Labute approximate surface area is 172 Å². The standard InChI is InChI=1S/C22H20FN5O2/c1-14-12-15(2)28-22(24-14)25-20(26-28)13-27(18-8-6-17(23)7-9-18)21(29)16-4-10-19(30-3)11-5-16/h4-12H,13H2,1-3H3. The van der Waals surface area contributed by atoms with Crippen molar-refractivity contribution in [1.29, 1.82) is 0 Å². The molecule has 2 aromatic carbocycles. The van der Waals surface area contributed by atoms with Crippen molar-refractivity contribution in [2.24, 2.45) is 0 Å². The van der Waals surface area contributed by atoms with Crippen molar-refractivity contribution >= 4 is 17.4 Å². The highest BCUT2D eigenvalue weighted by Crippen LogP contribution is 2.21. The Morgan fingerprint density at radius 2 is 1.77 bits per heavy atom. The maximum atomic E-state index is 13.5. The molecule has 0 aliphatic heterocycles. The molecule has 0 fully saturated rings. The molecule has 0 N–H and O–H groups in total. The number of hydrogen-bond donors (Lipinski definition) is 0. The minimum atomic E-state index is -0.378. The van der Waals surface area contributed by atoms with Crippen molar-refractivity contribution in [3.8, 4) is 5.75 Å². The Morgan fingerprint density at radius 3 is 2.43 bits per heavy atom. The van der Waals surface area contributed by atoms with Gasteiger partial charge in [0.15, 0.2) is 5.82 Å². The van der Waals surface area contributed by atoms with Crippen LogP contribution in [0.1, 0.15) is 27.6 Å². The molecule has 0 bridgehead atoms. The molecule has 0 unspecified atom stereocenters. The van der Waals surface area contributed by atoms with Gasteiger partial charge < -0.3 is 9.64 Å². The van der Waals surface area contributed by atoms with Crippen molar-refractivity contribution in [3.05, 3.63) is 83.2 Å². The third-order valence-corrected chi connectivity index (χ3v) is 4.68. The minimum Gasteiger partial charge on any atom is -0.497 e. The van der Waals surface area contributed by atoms with Crippen LogP contribution in [0.2, 0.25) is 0 Å². The molecule has 152 valence electrons. The summed E-state index contributed by atoms with van der Waals surface area (Å²) in [5.74, 6) is 0.917. The SMILES string of the molecule is COc1ccc(C(=O)N(Cc2nc3nc(C)cc(C)n3n2)c2ccc(F)cc2)cc1. The Morgan fingerprint density at radius 1 is 1.07 bits per heavy atom. The van der Waals surface area contributed by atoms with Crippen LogP contribution in [0.25, 0.3) is 5.78 Å². The number of benzene rings is 2. The summed E-state index contributed by atoms with van der Waals surface area (Å²) in [7, 11) is 1.56. The van der Waals surface area contributed by atoms with E-state index in [0.29, 0.717) is 28.6 Å². The van der Waals surface area contributed by atoms with Gasteiger partial charge >= 0.3 is 0 Å². The normalized spacial score (nSPS) is 10.9. The number of aromatic nitrogens is 4. The second kappa shape index (κ2) is 7.90. The van der Waals surface area contributed by atoms with Crippen LogP contribution in [-0.4, -0.2) is 32.6 Å². The predicted octanol–water partition coefficient (Wildman–Crippen LogP) is 3.74. The van der Waals surface area contributed by atoms with Crippen molar-refractivity contribution in [2.45, 2.75) is 20.4 Å². The first-order chi connectivity index (χ1) is 14.4. The van der Waals surface area contributed by atoms with Gasteiger partial charge in [-0.1, -0.05) is 0 Å². The summed E-state index contributed by atoms with van der Waals surface area (Å²) in [5, 5.41) is 4.49. The van der Waals surface area contributed by atoms with E-state index in [4.69, 9.17) is 4.74 Å². The third kappa shape index (κ3) is 3.84. The molecule has 8 heteroatoms. The second-order valence-electron chi connectivity index (χ2n) is 6.87. The first-order valence-electron chi connectivity index (χ1n) is 9.36. The summed E-state index contributed by atoms with van der Waals surface area (Å²) in [6.07, 6.45) is 0. The predicted molar refractivity (Wildman–Crippen MR) is 110 cm³/mol. The molecule has 0 atom stereocenters. The number of nitrogens with zero attached hydrogens (tertiary/aromatic N) is 5. The first kappa shape index (κ1) is 19.5. The van der Waals surface area contributed by atoms with Gasteiger partial charge in [-0.05, 0) is 68.4 Å². The van der Waals surface area contributed by atoms with E-state index in [1.165, 1.54) is 17.0 Å². The number of aryl methyl sites for hydroxylation is 2. The van der Waals surface area contributed by atoms with Gasteiger partial charge in [-0.25, -0.2) is 13.9 Å². The van der Waals surface area contributed by atoms with Crippen molar-refractivity contribution in [1.82, 2.24) is 19.6 Å². The number of carbonyl (C=O) groups excluding carboxylic acids is 1. The number of rotatable bonds is 5. The number of anilines is 1. The number of ether oxygens (including phenoxy) is 1. The fourth-order valence-electron chi connectivity index (χ4n) is 3.21. The molecular weight excluding hydrogens is 385 g/mol. The summed E-state index contributed by atoms with van der Waals surface area (Å²) in [4.78, 5) is 23.7. The van der Waals surface area contributed by atoms with Gasteiger partial charge in [0.25, 0.3) is 11.7 Å². The molecule has 0 aliphatic carbocycles. The van der Waals surface area contributed by atoms with Crippen molar-refractivity contribution in [2.75, 3.05) is 12.0 Å². The van der Waals surface area contributed by atoms with E-state index in [0.717, 1.165) is 11.4 Å². The van der Waals surface area contributed by atoms with Crippen molar-refractivity contribution < 1.29 is 13.9 Å². The zero-order chi connectivity index (χ0) is 21.3. The molecule has 30 heavy (non-hydrogen) atoms. The van der Waals surface area contributed by atoms with E-state index in [-0.39, 0.29) is 18.3 Å². The summed E-state index contributed by atoms with van der Waals surface area (Å²) in [6.45, 7) is 3.91. The van der Waals surface area contributed by atoms with Gasteiger partial charge in [0.1, 0.15) is 11.6 Å². The fourth-order valence-corrected chi connectivity index (χ4v) is 3.21. The Balaban J connectivity index is 1.72. The largest absolute Gasteiger partial charge is 0.497 e. The van der Waals surface area contributed by atoms with Crippen LogP contribution >= 0.6 is 0 Å². The van der Waals surface area contributed by atoms with Crippen LogP contribution in [-0.2, 0) is 6.54 Å². The van der Waals surface area contributed by atoms with E-state index >= 15 is 0 Å². The number of amides is 1. The fraction of sp³-hybridized carbons (Fsp3) is 0.182. The lowest BCUT2D eigenvalue weighted by molar-refractivity contribution is 0.0984. The molecule has 0 radical (unpaired) electrons. The van der Waals surface area contributed by atoms with Gasteiger partial charge in [-0.3, -0.25) is 4.79 Å². The van der Waals surface area contributed by atoms with Crippen molar-refractivity contribution in [3.63, 3.8) is 0 Å². The van der Waals surface area contributed by atoms with Crippen LogP contribution < -0.4 is 9.64 Å². The van der Waals surface area contributed by atoms with Gasteiger partial charge in [-0.2, -0.15) is 4.98 Å². The smallest absolute Gasteiger partial charge is 0.258 e. The lowest BCUT2D eigenvalue weighted by atomic mass is 10.1. The highest BCUT2D eigenvalue weighted by molar-refractivity contribution is 6.06. The lowest BCUT2D eigenvalue weighted by Crippen LogP contribution is -2.31. The highest BCUT2D eigenvalue weighted by Gasteiger charge is 2.21. The van der Waals surface area contributed by atoms with Crippen LogP contribution in [0.3, 0.4) is 0 Å². The van der Waals surface area contributed by atoms with Gasteiger partial charge in [-0.15, -0.1) is 5.10 Å². The summed E-state index contributed by atoms with van der Waals surface area (Å²) in [5.41, 5.74) is 2.74. The van der Waals surface area contributed by atoms with Crippen LogP contribution in [0, 0.1) is 19.7 Å². The van der Waals surface area contributed by atoms with E-state index < -0.39 is 0 Å². The monoisotopic (exact) mass is 405 g/mol. The Bertz CT molecular complexity index is 1200. The zero-order valence-electron chi connectivity index (χ0n) is 16.8. The second-order valence-corrected chi connectivity index (χ2v) is 6.87. The topological polar surface area (TPSA) is 72.6 Å². The average Bonchev–Trinajstić information content (AvgIpc) is 3.15. The van der Waals surface area contributed by atoms with Gasteiger partial charge in [0, 0.05) is 22.6 Å². The zero-order valence-corrected chi connectivity index (χ0v) is 16.8. The Hall–Kier alpha value is -3.81. The van der Waals surface area contributed by atoms with E-state index in [2.05, 4.69) is 15.1 Å². The number of carbonyl (C=O) groups is 1. The number of methoxy groups -OCH3 is 1. The molecule has 0 aliphatic rings. The quantitative estimate of drug-likeness (QED) is 0.506. The Kier molecular flexibility index (Phi) is 5.14. The molecule has 0 saturated carbocycles. The molecule has 2 heterocycles. The third-order valence-electron chi connectivity index (χ3n) is 4.68. The lowest BCUT2D eigenvalue weighted by Gasteiger charge is -2.21. The molecular formula is C22H20FN5O2. The van der Waals surface area contributed by atoms with Gasteiger partial charge in [0.05, 0.1) is 13.7 Å². The molecule has 1 amide bonds. The molecule has 4 aromatic rings. The number of fused-ring (bicyclic) bond motifs is 1. The first-order valence-corrected chi connectivity index (χ1v) is 9.36. The maximum Gasteiger partial charge on any atom is 0.258 e. The summed E-state index contributed by atoms with van der Waals surface area (Å²) < 4.78 is 20.3. The van der Waals surface area contributed by atoms with Crippen LogP contribution in [0.5, 0.6) is 5.75 Å². The highest BCUT2D eigenvalue weighted by atomic mass is 19.1. The minimum absolute atomic E-state index is 0.109. The van der Waals surface area contributed by atoms with Gasteiger partial charge in [0.2, 0.25) is 0 Å². The summed E-state index contributed by atoms with van der Waals surface area (Å²) in [6, 6.07) is 14.5. The average molecular weight is 405 g/mol. The van der Waals surface area contributed by atoms with E-state index in [9.17, 15) is 9.18 Å². The summed E-state index contributed by atoms with van der Waals surface area (Å²) >= 11 is 0. The number of hydrogen-bond acceptors (Lipinski definition) is 5. The maximum absolute atomic E-state index is 13.5. The van der Waals surface area contributed by atoms with E-state index in [1.807, 2.05) is 19.9 Å².